The number of H-pyrrole nitrogens is 1. The first-order chi connectivity index (χ1) is 14.8. The van der Waals surface area contributed by atoms with Gasteiger partial charge in [0, 0.05) is 23.1 Å². The van der Waals surface area contributed by atoms with Crippen molar-refractivity contribution >= 4 is 16.9 Å². The molecule has 30 heavy (non-hydrogen) atoms. The van der Waals surface area contributed by atoms with Gasteiger partial charge in [-0.3, -0.25) is 9.69 Å². The minimum atomic E-state index is -0.195. The molecule has 1 aliphatic rings. The van der Waals surface area contributed by atoms with Gasteiger partial charge in [-0.15, -0.1) is 0 Å². The number of ether oxygens (including phenoxy) is 1. The third-order valence-electron chi connectivity index (χ3n) is 5.82. The molecule has 0 aliphatic carbocycles. The fourth-order valence-electron chi connectivity index (χ4n) is 4.42. The van der Waals surface area contributed by atoms with Crippen molar-refractivity contribution in [3.63, 3.8) is 0 Å². The number of carbonyl (C=O) groups is 1. The standard InChI is InChI=1S/C26H24N2O2/c29-24(30-18-19-9-3-1-4-10-19)17-28-16-15-22-21-13-7-8-14-23(21)27-25(22)26(28)20-11-5-2-6-12-20/h1-14,26-27H,15-18H2. The van der Waals surface area contributed by atoms with Crippen LogP contribution in [0.15, 0.2) is 84.9 Å². The van der Waals surface area contributed by atoms with Crippen molar-refractivity contribution in [3.05, 3.63) is 107 Å². The van der Waals surface area contributed by atoms with E-state index in [1.54, 1.807) is 0 Å². The SMILES string of the molecule is O=C(CN1CCc2c([nH]c3ccccc23)C1c1ccccc1)OCc1ccccc1. The average molecular weight is 396 g/mol. The molecule has 1 N–H and O–H groups in total. The van der Waals surface area contributed by atoms with Gasteiger partial charge in [0.05, 0.1) is 12.6 Å². The summed E-state index contributed by atoms with van der Waals surface area (Å²) in [6.07, 6.45) is 0.911. The Morgan fingerprint density at radius 2 is 1.63 bits per heavy atom. The summed E-state index contributed by atoms with van der Waals surface area (Å²) in [6, 6.07) is 28.7. The average Bonchev–Trinajstić information content (AvgIpc) is 3.17. The lowest BCUT2D eigenvalue weighted by molar-refractivity contribution is -0.146. The van der Waals surface area contributed by atoms with E-state index in [0.717, 1.165) is 24.0 Å². The molecule has 0 saturated heterocycles. The highest BCUT2D eigenvalue weighted by Gasteiger charge is 2.32. The van der Waals surface area contributed by atoms with Crippen LogP contribution in [0.25, 0.3) is 10.9 Å². The van der Waals surface area contributed by atoms with Crippen LogP contribution in [0.5, 0.6) is 0 Å². The molecule has 3 aromatic carbocycles. The van der Waals surface area contributed by atoms with Crippen molar-refractivity contribution in [2.24, 2.45) is 0 Å². The highest BCUT2D eigenvalue weighted by molar-refractivity contribution is 5.85. The molecular weight excluding hydrogens is 372 g/mol. The third-order valence-corrected chi connectivity index (χ3v) is 5.82. The van der Waals surface area contributed by atoms with Gasteiger partial charge >= 0.3 is 5.97 Å². The molecule has 1 aromatic heterocycles. The van der Waals surface area contributed by atoms with Gasteiger partial charge in [-0.25, -0.2) is 0 Å². The quantitative estimate of drug-likeness (QED) is 0.490. The molecule has 0 radical (unpaired) electrons. The second-order valence-electron chi connectivity index (χ2n) is 7.74. The third kappa shape index (κ3) is 3.62. The van der Waals surface area contributed by atoms with E-state index in [1.807, 2.05) is 36.4 Å². The zero-order valence-corrected chi connectivity index (χ0v) is 16.8. The van der Waals surface area contributed by atoms with E-state index < -0.39 is 0 Å². The van der Waals surface area contributed by atoms with Gasteiger partial charge < -0.3 is 9.72 Å². The van der Waals surface area contributed by atoms with Gasteiger partial charge in [-0.05, 0) is 29.2 Å². The molecule has 150 valence electrons. The molecule has 0 saturated carbocycles. The topological polar surface area (TPSA) is 45.3 Å². The van der Waals surface area contributed by atoms with Crippen LogP contribution in [0.1, 0.15) is 28.4 Å². The minimum Gasteiger partial charge on any atom is -0.460 e. The lowest BCUT2D eigenvalue weighted by Crippen LogP contribution is -2.40. The van der Waals surface area contributed by atoms with E-state index in [9.17, 15) is 4.79 Å². The number of fused-ring (bicyclic) bond motifs is 3. The highest BCUT2D eigenvalue weighted by atomic mass is 16.5. The Hall–Kier alpha value is -3.37. The van der Waals surface area contributed by atoms with Crippen molar-refractivity contribution < 1.29 is 9.53 Å². The van der Waals surface area contributed by atoms with Crippen molar-refractivity contribution in [3.8, 4) is 0 Å². The van der Waals surface area contributed by atoms with Gasteiger partial charge in [-0.2, -0.15) is 0 Å². The smallest absolute Gasteiger partial charge is 0.320 e. The minimum absolute atomic E-state index is 0.00613. The number of aromatic nitrogens is 1. The first-order valence-electron chi connectivity index (χ1n) is 10.4. The summed E-state index contributed by atoms with van der Waals surface area (Å²) in [5, 5.41) is 1.28. The molecule has 0 fully saturated rings. The number of benzene rings is 3. The van der Waals surface area contributed by atoms with Gasteiger partial charge in [0.2, 0.25) is 0 Å². The summed E-state index contributed by atoms with van der Waals surface area (Å²) < 4.78 is 5.57. The molecule has 0 spiro atoms. The second kappa shape index (κ2) is 8.17. The summed E-state index contributed by atoms with van der Waals surface area (Å²) in [7, 11) is 0. The number of esters is 1. The van der Waals surface area contributed by atoms with Crippen molar-refractivity contribution in [1.29, 1.82) is 0 Å². The van der Waals surface area contributed by atoms with Crippen LogP contribution in [0.2, 0.25) is 0 Å². The van der Waals surface area contributed by atoms with Crippen LogP contribution in [0.4, 0.5) is 0 Å². The largest absolute Gasteiger partial charge is 0.460 e. The maximum Gasteiger partial charge on any atom is 0.320 e. The number of para-hydroxylation sites is 1. The van der Waals surface area contributed by atoms with Crippen molar-refractivity contribution in [2.75, 3.05) is 13.1 Å². The Balaban J connectivity index is 1.42. The summed E-state index contributed by atoms with van der Waals surface area (Å²) in [5.74, 6) is -0.195. The van der Waals surface area contributed by atoms with Crippen molar-refractivity contribution in [1.82, 2.24) is 9.88 Å². The first-order valence-corrected chi connectivity index (χ1v) is 10.4. The fourth-order valence-corrected chi connectivity index (χ4v) is 4.42. The van der Waals surface area contributed by atoms with E-state index in [2.05, 4.69) is 58.4 Å². The normalized spacial score (nSPS) is 16.3. The molecule has 5 rings (SSSR count). The van der Waals surface area contributed by atoms with Gasteiger partial charge in [-0.1, -0.05) is 78.9 Å². The molecule has 1 atom stereocenters. The molecule has 4 nitrogen and oxygen atoms in total. The van der Waals surface area contributed by atoms with E-state index in [0.29, 0.717) is 6.61 Å². The summed E-state index contributed by atoms with van der Waals surface area (Å²) in [6.45, 7) is 1.39. The maximum absolute atomic E-state index is 12.7. The highest BCUT2D eigenvalue weighted by Crippen LogP contribution is 2.38. The number of hydrogen-bond acceptors (Lipinski definition) is 3. The number of rotatable bonds is 5. The fraction of sp³-hybridized carbons (Fsp3) is 0.192. The van der Waals surface area contributed by atoms with E-state index in [-0.39, 0.29) is 18.6 Å². The predicted molar refractivity (Wildman–Crippen MR) is 118 cm³/mol. The number of nitrogens with zero attached hydrogens (tertiary/aromatic N) is 1. The summed E-state index contributed by atoms with van der Waals surface area (Å²) in [5.41, 5.74) is 5.87. The van der Waals surface area contributed by atoms with Gasteiger partial charge in [0.1, 0.15) is 6.61 Å². The van der Waals surface area contributed by atoms with Gasteiger partial charge in [0.15, 0.2) is 0 Å². The van der Waals surface area contributed by atoms with Crippen LogP contribution < -0.4 is 0 Å². The summed E-state index contributed by atoms with van der Waals surface area (Å²) >= 11 is 0. The van der Waals surface area contributed by atoms with E-state index >= 15 is 0 Å². The molecule has 4 heteroatoms. The molecule has 0 bridgehead atoms. The Bertz CT molecular complexity index is 1150. The lowest BCUT2D eigenvalue weighted by Gasteiger charge is -2.35. The molecule has 4 aromatic rings. The number of aromatic amines is 1. The van der Waals surface area contributed by atoms with E-state index in [1.165, 1.54) is 22.2 Å². The van der Waals surface area contributed by atoms with Crippen molar-refractivity contribution in [2.45, 2.75) is 19.1 Å². The first kappa shape index (κ1) is 18.6. The Kier molecular flexibility index (Phi) is 5.08. The zero-order valence-electron chi connectivity index (χ0n) is 16.8. The number of hydrogen-bond donors (Lipinski definition) is 1. The zero-order chi connectivity index (χ0) is 20.3. The van der Waals surface area contributed by atoms with Crippen LogP contribution >= 0.6 is 0 Å². The number of nitrogens with one attached hydrogen (secondary N) is 1. The Morgan fingerprint density at radius 1 is 0.933 bits per heavy atom. The number of carbonyl (C=O) groups excluding carboxylic acids is 1. The molecule has 1 unspecified atom stereocenters. The van der Waals surface area contributed by atoms with Crippen LogP contribution in [-0.4, -0.2) is 28.9 Å². The molecule has 0 amide bonds. The molecule has 2 heterocycles. The molecule has 1 aliphatic heterocycles. The summed E-state index contributed by atoms with van der Waals surface area (Å²) in [4.78, 5) is 18.5. The van der Waals surface area contributed by atoms with Crippen LogP contribution in [0, 0.1) is 0 Å². The van der Waals surface area contributed by atoms with Crippen LogP contribution in [-0.2, 0) is 22.6 Å². The Morgan fingerprint density at radius 3 is 2.43 bits per heavy atom. The van der Waals surface area contributed by atoms with Gasteiger partial charge in [0.25, 0.3) is 0 Å². The maximum atomic E-state index is 12.7. The molecular formula is C26H24N2O2. The van der Waals surface area contributed by atoms with Crippen LogP contribution in [0.3, 0.4) is 0 Å². The van der Waals surface area contributed by atoms with E-state index in [4.69, 9.17) is 4.74 Å². The predicted octanol–water partition coefficient (Wildman–Crippen LogP) is 4.86. The second-order valence-corrected chi connectivity index (χ2v) is 7.74. The lowest BCUT2D eigenvalue weighted by atomic mass is 9.92. The monoisotopic (exact) mass is 396 g/mol. The Labute approximate surface area is 176 Å².